The molecule has 2 rings (SSSR count). The van der Waals surface area contributed by atoms with Crippen LogP contribution in [0.25, 0.3) is 0 Å². The molecule has 0 saturated heterocycles. The first-order valence-corrected chi connectivity index (χ1v) is 6.43. The van der Waals surface area contributed by atoms with Crippen molar-refractivity contribution in [3.63, 3.8) is 0 Å². The van der Waals surface area contributed by atoms with E-state index >= 15 is 0 Å². The Labute approximate surface area is 116 Å². The van der Waals surface area contributed by atoms with E-state index in [1.807, 2.05) is 19.1 Å². The molecule has 0 fully saturated rings. The number of Topliss-reactive ketones (excluding diaryl/α,β-unsaturated/α-hetero) is 1. The standard InChI is InChI=1S/C15H16N2O3/c1-3-16-9-8-14(19)17(15(16)20)10-13(18)12-7-5-4-6-11(12)2/h4-9H,3,10H2,1-2H3. The lowest BCUT2D eigenvalue weighted by atomic mass is 10.1. The Morgan fingerprint density at radius 2 is 1.85 bits per heavy atom. The molecule has 0 radical (unpaired) electrons. The summed E-state index contributed by atoms with van der Waals surface area (Å²) in [5, 5.41) is 0. The minimum absolute atomic E-state index is 0.233. The maximum atomic E-state index is 12.2. The minimum atomic E-state index is -0.457. The van der Waals surface area contributed by atoms with Crippen LogP contribution in [0.5, 0.6) is 0 Å². The van der Waals surface area contributed by atoms with Gasteiger partial charge in [-0.1, -0.05) is 24.3 Å². The fourth-order valence-electron chi connectivity index (χ4n) is 2.06. The first-order valence-electron chi connectivity index (χ1n) is 6.43. The number of carbonyl (C=O) groups is 1. The van der Waals surface area contributed by atoms with Crippen molar-refractivity contribution in [3.05, 3.63) is 68.5 Å². The van der Waals surface area contributed by atoms with Crippen LogP contribution in [0.4, 0.5) is 0 Å². The average molecular weight is 272 g/mol. The highest BCUT2D eigenvalue weighted by Gasteiger charge is 2.12. The fraction of sp³-hybridized carbons (Fsp3) is 0.267. The molecular weight excluding hydrogens is 256 g/mol. The van der Waals surface area contributed by atoms with Crippen molar-refractivity contribution in [2.24, 2.45) is 0 Å². The van der Waals surface area contributed by atoms with E-state index in [-0.39, 0.29) is 12.3 Å². The van der Waals surface area contributed by atoms with Crippen molar-refractivity contribution < 1.29 is 4.79 Å². The summed E-state index contributed by atoms with van der Waals surface area (Å²) in [4.78, 5) is 36.0. The normalized spacial score (nSPS) is 10.5. The Morgan fingerprint density at radius 1 is 1.15 bits per heavy atom. The van der Waals surface area contributed by atoms with Gasteiger partial charge < -0.3 is 4.57 Å². The van der Waals surface area contributed by atoms with E-state index in [0.29, 0.717) is 12.1 Å². The molecule has 0 saturated carbocycles. The van der Waals surface area contributed by atoms with Crippen molar-refractivity contribution in [1.29, 1.82) is 0 Å². The van der Waals surface area contributed by atoms with Gasteiger partial charge in [0.2, 0.25) is 0 Å². The highest BCUT2D eigenvalue weighted by Crippen LogP contribution is 2.08. The summed E-state index contributed by atoms with van der Waals surface area (Å²) >= 11 is 0. The number of benzene rings is 1. The van der Waals surface area contributed by atoms with E-state index in [9.17, 15) is 14.4 Å². The van der Waals surface area contributed by atoms with Gasteiger partial charge in [0.25, 0.3) is 5.56 Å². The number of aryl methyl sites for hydroxylation is 2. The van der Waals surface area contributed by atoms with E-state index in [0.717, 1.165) is 10.1 Å². The molecule has 104 valence electrons. The lowest BCUT2D eigenvalue weighted by Gasteiger charge is -2.08. The average Bonchev–Trinajstić information content (AvgIpc) is 2.44. The molecule has 0 aliphatic carbocycles. The highest BCUT2D eigenvalue weighted by atomic mass is 16.2. The van der Waals surface area contributed by atoms with E-state index in [2.05, 4.69) is 0 Å². The Kier molecular flexibility index (Phi) is 3.98. The van der Waals surface area contributed by atoms with Gasteiger partial charge in [0.05, 0.1) is 6.54 Å². The predicted octanol–water partition coefficient (Wildman–Crippen LogP) is 1.22. The molecule has 0 spiro atoms. The van der Waals surface area contributed by atoms with Crippen LogP contribution in [0.15, 0.2) is 46.1 Å². The molecule has 0 bridgehead atoms. The van der Waals surface area contributed by atoms with Gasteiger partial charge in [-0.05, 0) is 19.4 Å². The lowest BCUT2D eigenvalue weighted by molar-refractivity contribution is 0.0968. The molecule has 0 atom stereocenters. The summed E-state index contributed by atoms with van der Waals surface area (Å²) in [7, 11) is 0. The zero-order valence-electron chi connectivity index (χ0n) is 11.5. The quantitative estimate of drug-likeness (QED) is 0.786. The molecule has 0 N–H and O–H groups in total. The summed E-state index contributed by atoms with van der Waals surface area (Å²) in [5.74, 6) is -0.240. The van der Waals surface area contributed by atoms with Gasteiger partial charge in [0.15, 0.2) is 5.78 Å². The molecule has 5 nitrogen and oxygen atoms in total. The molecule has 0 amide bonds. The van der Waals surface area contributed by atoms with Gasteiger partial charge in [0.1, 0.15) is 0 Å². The predicted molar refractivity (Wildman–Crippen MR) is 76.1 cm³/mol. The maximum Gasteiger partial charge on any atom is 0.331 e. The molecule has 1 aromatic heterocycles. The second-order valence-corrected chi connectivity index (χ2v) is 4.55. The van der Waals surface area contributed by atoms with Crippen LogP contribution in [-0.2, 0) is 13.1 Å². The zero-order chi connectivity index (χ0) is 14.7. The van der Waals surface area contributed by atoms with Gasteiger partial charge in [-0.25, -0.2) is 4.79 Å². The van der Waals surface area contributed by atoms with Crippen LogP contribution in [0.1, 0.15) is 22.8 Å². The largest absolute Gasteiger partial charge is 0.331 e. The lowest BCUT2D eigenvalue weighted by Crippen LogP contribution is -2.40. The topological polar surface area (TPSA) is 61.1 Å². The summed E-state index contributed by atoms with van der Waals surface area (Å²) in [6.45, 7) is 3.85. The SMILES string of the molecule is CCn1ccc(=O)n(CC(=O)c2ccccc2C)c1=O. The number of hydrogen-bond acceptors (Lipinski definition) is 3. The number of hydrogen-bond donors (Lipinski definition) is 0. The molecule has 5 heteroatoms. The molecule has 2 aromatic rings. The molecule has 1 aromatic carbocycles. The van der Waals surface area contributed by atoms with Crippen molar-refractivity contribution in [2.75, 3.05) is 0 Å². The van der Waals surface area contributed by atoms with Crippen molar-refractivity contribution in [1.82, 2.24) is 9.13 Å². The van der Waals surface area contributed by atoms with Gasteiger partial charge in [0, 0.05) is 24.4 Å². The molecule has 0 unspecified atom stereocenters. The molecule has 0 aliphatic heterocycles. The van der Waals surface area contributed by atoms with E-state index in [1.165, 1.54) is 16.8 Å². The Bertz CT molecular complexity index is 756. The van der Waals surface area contributed by atoms with Crippen LogP contribution in [0.2, 0.25) is 0 Å². The summed E-state index contributed by atoms with van der Waals surface area (Å²) in [6, 6.07) is 8.43. The van der Waals surface area contributed by atoms with Crippen molar-refractivity contribution in [3.8, 4) is 0 Å². The van der Waals surface area contributed by atoms with E-state index < -0.39 is 11.2 Å². The van der Waals surface area contributed by atoms with Gasteiger partial charge in [-0.3, -0.25) is 14.2 Å². The Morgan fingerprint density at radius 3 is 2.50 bits per heavy atom. The van der Waals surface area contributed by atoms with Crippen LogP contribution < -0.4 is 11.2 Å². The van der Waals surface area contributed by atoms with Crippen molar-refractivity contribution >= 4 is 5.78 Å². The van der Waals surface area contributed by atoms with Crippen molar-refractivity contribution in [2.45, 2.75) is 26.9 Å². The smallest absolute Gasteiger partial charge is 0.301 e. The highest BCUT2D eigenvalue weighted by molar-refractivity contribution is 5.97. The summed E-state index contributed by atoms with van der Waals surface area (Å²) in [5.41, 5.74) is 0.451. The zero-order valence-corrected chi connectivity index (χ0v) is 11.5. The first-order chi connectivity index (χ1) is 9.54. The number of aromatic nitrogens is 2. The Hall–Kier alpha value is -2.43. The van der Waals surface area contributed by atoms with E-state index in [1.54, 1.807) is 19.1 Å². The number of nitrogens with zero attached hydrogens (tertiary/aromatic N) is 2. The third kappa shape index (κ3) is 2.61. The molecule has 0 aliphatic rings. The van der Waals surface area contributed by atoms with Crippen LogP contribution in [0.3, 0.4) is 0 Å². The monoisotopic (exact) mass is 272 g/mol. The number of carbonyl (C=O) groups excluding carboxylic acids is 1. The second-order valence-electron chi connectivity index (χ2n) is 4.55. The molecular formula is C15H16N2O3. The van der Waals surface area contributed by atoms with Gasteiger partial charge in [-0.15, -0.1) is 0 Å². The fourth-order valence-corrected chi connectivity index (χ4v) is 2.06. The minimum Gasteiger partial charge on any atom is -0.301 e. The Balaban J connectivity index is 2.41. The third-order valence-corrected chi connectivity index (χ3v) is 3.23. The van der Waals surface area contributed by atoms with E-state index in [4.69, 9.17) is 0 Å². The third-order valence-electron chi connectivity index (χ3n) is 3.23. The van der Waals surface area contributed by atoms with Gasteiger partial charge >= 0.3 is 5.69 Å². The van der Waals surface area contributed by atoms with Crippen LogP contribution >= 0.6 is 0 Å². The number of rotatable bonds is 4. The maximum absolute atomic E-state index is 12.2. The van der Waals surface area contributed by atoms with Crippen LogP contribution in [0, 0.1) is 6.92 Å². The molecule has 20 heavy (non-hydrogen) atoms. The van der Waals surface area contributed by atoms with Gasteiger partial charge in [-0.2, -0.15) is 0 Å². The van der Waals surface area contributed by atoms with Crippen LogP contribution in [-0.4, -0.2) is 14.9 Å². The second kappa shape index (κ2) is 5.69. The number of ketones is 1. The summed E-state index contributed by atoms with van der Waals surface area (Å²) in [6.07, 6.45) is 1.44. The molecule has 1 heterocycles. The summed E-state index contributed by atoms with van der Waals surface area (Å²) < 4.78 is 2.37. The first kappa shape index (κ1) is 14.0.